The molecule has 2 aromatic rings. The van der Waals surface area contributed by atoms with Gasteiger partial charge >= 0.3 is 0 Å². The molecule has 0 unspecified atom stereocenters. The number of aromatic hydroxyl groups is 1. The number of phenolic OH excluding ortho intramolecular Hbond substituents is 1. The van der Waals surface area contributed by atoms with Gasteiger partial charge in [0.2, 0.25) is 0 Å². The Balaban J connectivity index is 0.000000455. The molecule has 29 heavy (non-hydrogen) atoms. The minimum absolute atomic E-state index is 0.0197. The Morgan fingerprint density at radius 3 is 1.83 bits per heavy atom. The predicted octanol–water partition coefficient (Wildman–Crippen LogP) is 6.17. The van der Waals surface area contributed by atoms with Gasteiger partial charge in [-0.3, -0.25) is 0 Å². The molecule has 0 fully saturated rings. The van der Waals surface area contributed by atoms with Gasteiger partial charge in [0.05, 0.1) is 17.7 Å². The van der Waals surface area contributed by atoms with Crippen LogP contribution in [-0.2, 0) is 0 Å². The van der Waals surface area contributed by atoms with Gasteiger partial charge in [-0.25, -0.2) is 8.78 Å². The minimum atomic E-state index is -0.856. The number of nitriles is 2. The number of hydrogen-bond donors (Lipinski definition) is 1. The van der Waals surface area contributed by atoms with Gasteiger partial charge in [0.15, 0.2) is 23.1 Å². The highest BCUT2D eigenvalue weighted by Gasteiger charge is 2.08. The van der Waals surface area contributed by atoms with Crippen molar-refractivity contribution in [1.82, 2.24) is 0 Å². The lowest BCUT2D eigenvalue weighted by Crippen LogP contribution is -2.06. The zero-order chi connectivity index (χ0) is 22.4. The van der Waals surface area contributed by atoms with E-state index in [4.69, 9.17) is 20.4 Å². The van der Waals surface area contributed by atoms with Crippen LogP contribution >= 0.6 is 15.9 Å². The molecule has 0 aliphatic rings. The van der Waals surface area contributed by atoms with E-state index in [0.29, 0.717) is 12.5 Å². The number of rotatable bonds is 4. The molecule has 0 atom stereocenters. The van der Waals surface area contributed by atoms with E-state index in [2.05, 4.69) is 29.8 Å². The van der Waals surface area contributed by atoms with Crippen LogP contribution < -0.4 is 4.74 Å². The highest BCUT2D eigenvalue weighted by atomic mass is 79.9. The van der Waals surface area contributed by atoms with Crippen LogP contribution in [0.5, 0.6) is 11.5 Å². The molecule has 0 spiro atoms. The Bertz CT molecular complexity index is 844. The summed E-state index contributed by atoms with van der Waals surface area (Å²) in [6.45, 7) is 8.76. The molecular weight excluding hydrogens is 442 g/mol. The van der Waals surface area contributed by atoms with Crippen LogP contribution in [0.3, 0.4) is 0 Å². The number of halogens is 3. The molecule has 2 aromatic carbocycles. The van der Waals surface area contributed by atoms with E-state index in [9.17, 15) is 8.78 Å². The van der Waals surface area contributed by atoms with Gasteiger partial charge in [0.25, 0.3) is 0 Å². The highest BCUT2D eigenvalue weighted by Crippen LogP contribution is 2.20. The molecule has 0 bridgehead atoms. The molecular formula is C22H25BrF2N2O2. The maximum absolute atomic E-state index is 13.4. The first-order valence-corrected chi connectivity index (χ1v) is 10.0. The normalized spacial score (nSPS) is 9.48. The Labute approximate surface area is 179 Å². The van der Waals surface area contributed by atoms with Crippen molar-refractivity contribution in [2.75, 3.05) is 11.9 Å². The second kappa shape index (κ2) is 14.4. The molecule has 0 saturated carbocycles. The largest absolute Gasteiger partial charge is 0.505 e. The van der Waals surface area contributed by atoms with Gasteiger partial charge in [-0.15, -0.1) is 0 Å². The molecule has 0 aromatic heterocycles. The molecule has 7 heteroatoms. The van der Waals surface area contributed by atoms with Crippen LogP contribution in [0.1, 0.15) is 38.8 Å². The second-order valence-electron chi connectivity index (χ2n) is 6.73. The summed E-state index contributed by atoms with van der Waals surface area (Å²) < 4.78 is 31.1. The number of benzene rings is 2. The number of hydrogen-bond acceptors (Lipinski definition) is 4. The molecule has 0 amide bonds. The van der Waals surface area contributed by atoms with Crippen LogP contribution in [0.15, 0.2) is 36.4 Å². The first-order valence-electron chi connectivity index (χ1n) is 8.92. The van der Waals surface area contributed by atoms with Crippen LogP contribution in [0, 0.1) is 46.1 Å². The third-order valence-electron chi connectivity index (χ3n) is 3.06. The summed E-state index contributed by atoms with van der Waals surface area (Å²) in [7, 11) is 0. The summed E-state index contributed by atoms with van der Waals surface area (Å²) >= 11 is 3.31. The van der Waals surface area contributed by atoms with Gasteiger partial charge in [-0.1, -0.05) is 55.8 Å². The van der Waals surface area contributed by atoms with E-state index in [0.717, 1.165) is 11.2 Å². The van der Waals surface area contributed by atoms with Crippen LogP contribution in [-0.4, -0.2) is 17.0 Å². The SMILES string of the molecule is CC(C)CBr.CC(C)COc1cccc(C#N)c1F.N#Cc1cccc(O)c1F. The molecule has 156 valence electrons. The van der Waals surface area contributed by atoms with Crippen LogP contribution in [0.2, 0.25) is 0 Å². The Morgan fingerprint density at radius 2 is 1.41 bits per heavy atom. The van der Waals surface area contributed by atoms with E-state index < -0.39 is 17.4 Å². The fourth-order valence-electron chi connectivity index (χ4n) is 1.57. The highest BCUT2D eigenvalue weighted by molar-refractivity contribution is 9.09. The maximum Gasteiger partial charge on any atom is 0.182 e. The predicted molar refractivity (Wildman–Crippen MR) is 113 cm³/mol. The quantitative estimate of drug-likeness (QED) is 0.546. The van der Waals surface area contributed by atoms with Crippen molar-refractivity contribution in [2.24, 2.45) is 11.8 Å². The minimum Gasteiger partial charge on any atom is -0.505 e. The maximum atomic E-state index is 13.4. The average Bonchev–Trinajstić information content (AvgIpc) is 2.70. The van der Waals surface area contributed by atoms with Crippen molar-refractivity contribution in [3.8, 4) is 23.6 Å². The zero-order valence-electron chi connectivity index (χ0n) is 16.9. The van der Waals surface area contributed by atoms with E-state index in [1.807, 2.05) is 13.8 Å². The Morgan fingerprint density at radius 1 is 0.931 bits per heavy atom. The summed E-state index contributed by atoms with van der Waals surface area (Å²) in [6.07, 6.45) is 0. The molecule has 0 radical (unpaired) electrons. The summed E-state index contributed by atoms with van der Waals surface area (Å²) in [6, 6.07) is 11.8. The fraction of sp³-hybridized carbons (Fsp3) is 0.364. The van der Waals surface area contributed by atoms with Crippen molar-refractivity contribution in [3.05, 3.63) is 59.2 Å². The van der Waals surface area contributed by atoms with E-state index in [-0.39, 0.29) is 16.9 Å². The van der Waals surface area contributed by atoms with Crippen molar-refractivity contribution in [3.63, 3.8) is 0 Å². The monoisotopic (exact) mass is 466 g/mol. The van der Waals surface area contributed by atoms with Crippen molar-refractivity contribution < 1.29 is 18.6 Å². The van der Waals surface area contributed by atoms with Crippen LogP contribution in [0.25, 0.3) is 0 Å². The average molecular weight is 467 g/mol. The molecule has 0 aliphatic heterocycles. The van der Waals surface area contributed by atoms with Crippen molar-refractivity contribution >= 4 is 15.9 Å². The molecule has 0 heterocycles. The lowest BCUT2D eigenvalue weighted by Gasteiger charge is -2.09. The summed E-state index contributed by atoms with van der Waals surface area (Å²) in [5.41, 5.74) is -0.119. The van der Waals surface area contributed by atoms with Crippen LogP contribution in [0.4, 0.5) is 8.78 Å². The molecule has 0 saturated heterocycles. The molecule has 2 rings (SSSR count). The van der Waals surface area contributed by atoms with Gasteiger partial charge in [-0.05, 0) is 36.1 Å². The number of nitrogens with zero attached hydrogens (tertiary/aromatic N) is 2. The molecule has 0 aliphatic carbocycles. The van der Waals surface area contributed by atoms with Crippen molar-refractivity contribution in [1.29, 1.82) is 10.5 Å². The number of phenols is 1. The van der Waals surface area contributed by atoms with Gasteiger partial charge in [-0.2, -0.15) is 10.5 Å². The first kappa shape index (κ1) is 26.4. The van der Waals surface area contributed by atoms with E-state index in [1.165, 1.54) is 30.3 Å². The molecule has 1 N–H and O–H groups in total. The second-order valence-corrected chi connectivity index (χ2v) is 7.38. The summed E-state index contributed by atoms with van der Waals surface area (Å²) in [4.78, 5) is 0. The smallest absolute Gasteiger partial charge is 0.182 e. The molecule has 4 nitrogen and oxygen atoms in total. The third-order valence-corrected chi connectivity index (χ3v) is 4.36. The Hall–Kier alpha value is -2.64. The summed E-state index contributed by atoms with van der Waals surface area (Å²) in [5, 5.41) is 26.6. The summed E-state index contributed by atoms with van der Waals surface area (Å²) in [5.74, 6) is -0.632. The van der Waals surface area contributed by atoms with Gasteiger partial charge < -0.3 is 9.84 Å². The standard InChI is InChI=1S/C11H12FNO.C7H4FNO.C4H9Br/c1-8(2)7-14-10-5-3-4-9(6-13)11(10)12;8-7-5(4-9)2-1-3-6(7)10;1-4(2)3-5/h3-5,8H,7H2,1-2H3;1-3,10H;4H,3H2,1-2H3. The lowest BCUT2D eigenvalue weighted by atomic mass is 10.2. The lowest BCUT2D eigenvalue weighted by molar-refractivity contribution is 0.259. The first-order chi connectivity index (χ1) is 13.7. The third kappa shape index (κ3) is 10.5. The van der Waals surface area contributed by atoms with Gasteiger partial charge in [0.1, 0.15) is 12.1 Å². The van der Waals surface area contributed by atoms with Gasteiger partial charge in [0, 0.05) is 5.33 Å². The number of ether oxygens (including phenoxy) is 1. The van der Waals surface area contributed by atoms with E-state index >= 15 is 0 Å². The van der Waals surface area contributed by atoms with E-state index in [1.54, 1.807) is 18.2 Å². The van der Waals surface area contributed by atoms with Crippen molar-refractivity contribution in [2.45, 2.75) is 27.7 Å². The Kier molecular flexibility index (Phi) is 13.1. The zero-order valence-corrected chi connectivity index (χ0v) is 18.5. The fourth-order valence-corrected chi connectivity index (χ4v) is 1.57. The number of alkyl halides is 1. The topological polar surface area (TPSA) is 77.0 Å².